The molecule has 0 heterocycles. The van der Waals surface area contributed by atoms with Crippen LogP contribution >= 0.6 is 11.6 Å². The van der Waals surface area contributed by atoms with Gasteiger partial charge in [-0.15, -0.1) is 11.6 Å². The van der Waals surface area contributed by atoms with Crippen LogP contribution in [0.25, 0.3) is 0 Å². The summed E-state index contributed by atoms with van der Waals surface area (Å²) in [5, 5.41) is 5.44. The molecule has 122 valence electrons. The summed E-state index contributed by atoms with van der Waals surface area (Å²) >= 11 is 5.74. The van der Waals surface area contributed by atoms with Gasteiger partial charge in [-0.3, -0.25) is 4.79 Å². The van der Waals surface area contributed by atoms with Crippen molar-refractivity contribution < 1.29 is 14.3 Å². The highest BCUT2D eigenvalue weighted by Gasteiger charge is 2.15. The molecular formula is C16H23ClN2O3. The van der Waals surface area contributed by atoms with Gasteiger partial charge in [-0.05, 0) is 44.9 Å². The molecule has 1 aromatic carbocycles. The first kappa shape index (κ1) is 18.3. The fraction of sp³-hybridized carbons (Fsp3) is 0.500. The molecule has 0 spiro atoms. The van der Waals surface area contributed by atoms with Gasteiger partial charge in [0.05, 0.1) is 0 Å². The zero-order valence-electron chi connectivity index (χ0n) is 13.2. The van der Waals surface area contributed by atoms with Crippen LogP contribution in [0.15, 0.2) is 24.3 Å². The molecule has 2 N–H and O–H groups in total. The molecule has 22 heavy (non-hydrogen) atoms. The van der Waals surface area contributed by atoms with Crippen molar-refractivity contribution in [3.8, 4) is 0 Å². The first-order valence-electron chi connectivity index (χ1n) is 7.22. The summed E-state index contributed by atoms with van der Waals surface area (Å²) in [5.74, 6) is 0.227. The number of benzene rings is 1. The van der Waals surface area contributed by atoms with E-state index in [1.807, 2.05) is 26.8 Å². The van der Waals surface area contributed by atoms with E-state index in [0.29, 0.717) is 31.0 Å². The fourth-order valence-corrected chi connectivity index (χ4v) is 1.86. The van der Waals surface area contributed by atoms with Gasteiger partial charge in [0.2, 0.25) is 0 Å². The number of hydrogen-bond acceptors (Lipinski definition) is 3. The van der Waals surface area contributed by atoms with Crippen molar-refractivity contribution in [2.24, 2.45) is 0 Å². The van der Waals surface area contributed by atoms with Crippen LogP contribution in [-0.4, -0.2) is 30.7 Å². The zero-order chi connectivity index (χ0) is 16.6. The number of hydrogen-bond donors (Lipinski definition) is 2. The first-order valence-corrected chi connectivity index (χ1v) is 7.75. The Morgan fingerprint density at radius 3 is 2.50 bits per heavy atom. The average Bonchev–Trinajstić information content (AvgIpc) is 2.45. The summed E-state index contributed by atoms with van der Waals surface area (Å²) in [4.78, 5) is 23.3. The van der Waals surface area contributed by atoms with E-state index in [4.69, 9.17) is 16.3 Å². The number of rotatable bonds is 6. The number of ether oxygens (including phenoxy) is 1. The van der Waals surface area contributed by atoms with Gasteiger partial charge < -0.3 is 15.4 Å². The molecule has 0 unspecified atom stereocenters. The summed E-state index contributed by atoms with van der Waals surface area (Å²) in [7, 11) is 0. The molecule has 0 aliphatic rings. The predicted molar refractivity (Wildman–Crippen MR) is 87.2 cm³/mol. The molecule has 0 radical (unpaired) electrons. The largest absolute Gasteiger partial charge is 0.444 e. The molecular weight excluding hydrogens is 304 g/mol. The molecule has 0 saturated heterocycles. The monoisotopic (exact) mass is 326 g/mol. The molecule has 0 bridgehead atoms. The van der Waals surface area contributed by atoms with Crippen molar-refractivity contribution in [3.63, 3.8) is 0 Å². The second-order valence-corrected chi connectivity index (χ2v) is 6.14. The Balaban J connectivity index is 2.24. The number of halogens is 1. The van der Waals surface area contributed by atoms with Gasteiger partial charge in [-0.2, -0.15) is 0 Å². The van der Waals surface area contributed by atoms with Crippen molar-refractivity contribution in [1.82, 2.24) is 10.6 Å². The second kappa shape index (κ2) is 8.63. The fourth-order valence-electron chi connectivity index (χ4n) is 1.69. The van der Waals surface area contributed by atoms with Crippen LogP contribution < -0.4 is 10.6 Å². The number of amides is 2. The van der Waals surface area contributed by atoms with E-state index < -0.39 is 11.7 Å². The average molecular weight is 327 g/mol. The van der Waals surface area contributed by atoms with Gasteiger partial charge in [0, 0.05) is 24.5 Å². The minimum atomic E-state index is -0.508. The lowest BCUT2D eigenvalue weighted by Crippen LogP contribution is -2.34. The third-order valence-corrected chi connectivity index (χ3v) is 2.96. The van der Waals surface area contributed by atoms with Crippen molar-refractivity contribution in [3.05, 3.63) is 35.4 Å². The molecule has 0 atom stereocenters. The van der Waals surface area contributed by atoms with Crippen molar-refractivity contribution in [2.75, 3.05) is 13.1 Å². The number of nitrogens with one attached hydrogen (secondary N) is 2. The SMILES string of the molecule is CC(C)(C)OC(=O)NCCCNC(=O)c1cccc(CCl)c1. The Morgan fingerprint density at radius 2 is 1.86 bits per heavy atom. The van der Waals surface area contributed by atoms with Crippen LogP contribution in [-0.2, 0) is 10.6 Å². The number of carbonyl (C=O) groups is 2. The number of alkyl carbamates (subject to hydrolysis) is 1. The highest BCUT2D eigenvalue weighted by molar-refractivity contribution is 6.17. The molecule has 0 aliphatic heterocycles. The van der Waals surface area contributed by atoms with Crippen LogP contribution in [0.3, 0.4) is 0 Å². The van der Waals surface area contributed by atoms with E-state index >= 15 is 0 Å². The summed E-state index contributed by atoms with van der Waals surface area (Å²) in [6, 6.07) is 7.18. The summed E-state index contributed by atoms with van der Waals surface area (Å²) in [6.45, 7) is 6.34. The Morgan fingerprint density at radius 1 is 1.18 bits per heavy atom. The van der Waals surface area contributed by atoms with Crippen molar-refractivity contribution in [2.45, 2.75) is 38.7 Å². The standard InChI is InChI=1S/C16H23ClN2O3/c1-16(2,3)22-15(21)19-9-5-8-18-14(20)13-7-4-6-12(10-13)11-17/h4,6-7,10H,5,8-9,11H2,1-3H3,(H,18,20)(H,19,21). The minimum Gasteiger partial charge on any atom is -0.444 e. The summed E-state index contributed by atoms with van der Waals surface area (Å²) < 4.78 is 5.11. The number of alkyl halides is 1. The molecule has 0 fully saturated rings. The third kappa shape index (κ3) is 7.31. The quantitative estimate of drug-likeness (QED) is 0.623. The maximum atomic E-state index is 11.9. The summed E-state index contributed by atoms with van der Waals surface area (Å²) in [5.41, 5.74) is 0.977. The lowest BCUT2D eigenvalue weighted by atomic mass is 10.1. The smallest absolute Gasteiger partial charge is 0.407 e. The van der Waals surface area contributed by atoms with E-state index in [1.165, 1.54) is 0 Å². The van der Waals surface area contributed by atoms with Crippen molar-refractivity contribution >= 4 is 23.6 Å². The Bertz CT molecular complexity index is 512. The highest BCUT2D eigenvalue weighted by Crippen LogP contribution is 2.08. The maximum Gasteiger partial charge on any atom is 0.407 e. The van der Waals surface area contributed by atoms with Gasteiger partial charge in [0.15, 0.2) is 0 Å². The van der Waals surface area contributed by atoms with Gasteiger partial charge >= 0.3 is 6.09 Å². The molecule has 1 rings (SSSR count). The summed E-state index contributed by atoms with van der Waals surface area (Å²) in [6.07, 6.45) is 0.175. The van der Waals surface area contributed by atoms with Gasteiger partial charge in [-0.25, -0.2) is 4.79 Å². The van der Waals surface area contributed by atoms with E-state index in [2.05, 4.69) is 10.6 Å². The predicted octanol–water partition coefficient (Wildman–Crippen LogP) is 3.07. The van der Waals surface area contributed by atoms with E-state index in [-0.39, 0.29) is 5.91 Å². The normalized spacial score (nSPS) is 10.9. The maximum absolute atomic E-state index is 11.9. The molecule has 2 amide bonds. The van der Waals surface area contributed by atoms with Crippen LogP contribution in [0.2, 0.25) is 0 Å². The topological polar surface area (TPSA) is 67.4 Å². The molecule has 0 aliphatic carbocycles. The van der Waals surface area contributed by atoms with Gasteiger partial charge in [0.25, 0.3) is 5.91 Å². The molecule has 1 aromatic rings. The Kier molecular flexibility index (Phi) is 7.18. The van der Waals surface area contributed by atoms with E-state index in [1.54, 1.807) is 18.2 Å². The minimum absolute atomic E-state index is 0.149. The molecule has 5 nitrogen and oxygen atoms in total. The van der Waals surface area contributed by atoms with Gasteiger partial charge in [0.1, 0.15) is 5.60 Å². The number of carbonyl (C=O) groups excluding carboxylic acids is 2. The second-order valence-electron chi connectivity index (χ2n) is 5.87. The van der Waals surface area contributed by atoms with Gasteiger partial charge in [-0.1, -0.05) is 12.1 Å². The van der Waals surface area contributed by atoms with E-state index in [0.717, 1.165) is 5.56 Å². The highest BCUT2D eigenvalue weighted by atomic mass is 35.5. The zero-order valence-corrected chi connectivity index (χ0v) is 14.0. The first-order chi connectivity index (χ1) is 10.3. The van der Waals surface area contributed by atoms with Crippen LogP contribution in [0.5, 0.6) is 0 Å². The Labute approximate surface area is 136 Å². The lowest BCUT2D eigenvalue weighted by molar-refractivity contribution is 0.0527. The lowest BCUT2D eigenvalue weighted by Gasteiger charge is -2.19. The van der Waals surface area contributed by atoms with Crippen LogP contribution in [0.1, 0.15) is 43.1 Å². The Hall–Kier alpha value is -1.75. The van der Waals surface area contributed by atoms with Crippen LogP contribution in [0, 0.1) is 0 Å². The molecule has 0 aromatic heterocycles. The molecule has 0 saturated carbocycles. The van der Waals surface area contributed by atoms with Crippen molar-refractivity contribution in [1.29, 1.82) is 0 Å². The molecule has 6 heteroatoms. The van der Waals surface area contributed by atoms with Crippen LogP contribution in [0.4, 0.5) is 4.79 Å². The van der Waals surface area contributed by atoms with E-state index in [9.17, 15) is 9.59 Å². The third-order valence-electron chi connectivity index (χ3n) is 2.65.